The first kappa shape index (κ1) is 10.3. The third-order valence-corrected chi connectivity index (χ3v) is 2.49. The van der Waals surface area contributed by atoms with E-state index in [4.69, 9.17) is 0 Å². The standard InChI is InChI=1S/C7H11F3N2O/c1-5-3-11-6(13)12(5,2)4-7(8,9)10/h5H,3-4H2,1-2H3/p+1/t5-,12?/m0/s1. The molecule has 1 aliphatic heterocycles. The van der Waals surface area contributed by atoms with Crippen molar-refractivity contribution >= 4 is 6.03 Å². The van der Waals surface area contributed by atoms with Crippen molar-refractivity contribution in [3.63, 3.8) is 0 Å². The Hall–Kier alpha value is -0.780. The summed E-state index contributed by atoms with van der Waals surface area (Å²) >= 11 is 0. The summed E-state index contributed by atoms with van der Waals surface area (Å²) in [5.41, 5.74) is 0. The van der Waals surface area contributed by atoms with Gasteiger partial charge < -0.3 is 0 Å². The van der Waals surface area contributed by atoms with Gasteiger partial charge in [0.15, 0.2) is 6.54 Å². The van der Waals surface area contributed by atoms with Crippen LogP contribution in [0.1, 0.15) is 6.92 Å². The van der Waals surface area contributed by atoms with Gasteiger partial charge in [0.05, 0.1) is 13.6 Å². The number of carbonyl (C=O) groups excluding carboxylic acids is 1. The Kier molecular flexibility index (Phi) is 2.27. The first-order valence-electron chi connectivity index (χ1n) is 3.96. The van der Waals surface area contributed by atoms with Crippen molar-refractivity contribution in [2.45, 2.75) is 19.1 Å². The minimum atomic E-state index is -4.30. The zero-order chi connectivity index (χ0) is 10.3. The molecule has 0 aromatic heterocycles. The number of urea groups is 1. The number of halogens is 3. The zero-order valence-corrected chi connectivity index (χ0v) is 7.48. The number of rotatable bonds is 1. The Balaban J connectivity index is 2.80. The summed E-state index contributed by atoms with van der Waals surface area (Å²) in [5.74, 6) is 0. The van der Waals surface area contributed by atoms with Gasteiger partial charge in [-0.3, -0.25) is 5.32 Å². The Morgan fingerprint density at radius 1 is 1.62 bits per heavy atom. The van der Waals surface area contributed by atoms with Gasteiger partial charge in [0.25, 0.3) is 0 Å². The van der Waals surface area contributed by atoms with E-state index in [1.165, 1.54) is 7.05 Å². The fourth-order valence-corrected chi connectivity index (χ4v) is 1.42. The monoisotopic (exact) mass is 197 g/mol. The summed E-state index contributed by atoms with van der Waals surface area (Å²) in [6, 6.07) is -0.876. The number of hydrogen-bond donors (Lipinski definition) is 1. The third-order valence-electron chi connectivity index (χ3n) is 2.49. The molecular formula is C7H12F3N2O+. The molecule has 0 aromatic rings. The quantitative estimate of drug-likeness (QED) is 0.627. The van der Waals surface area contributed by atoms with Crippen molar-refractivity contribution in [3.8, 4) is 0 Å². The lowest BCUT2D eigenvalue weighted by molar-refractivity contribution is -0.855. The normalized spacial score (nSPS) is 34.8. The van der Waals surface area contributed by atoms with Gasteiger partial charge in [-0.05, 0) is 6.92 Å². The van der Waals surface area contributed by atoms with Crippen molar-refractivity contribution in [2.24, 2.45) is 0 Å². The Morgan fingerprint density at radius 2 is 2.15 bits per heavy atom. The number of nitrogens with one attached hydrogen (secondary N) is 1. The molecule has 2 amide bonds. The highest BCUT2D eigenvalue weighted by Crippen LogP contribution is 2.25. The lowest BCUT2D eigenvalue weighted by Gasteiger charge is -2.30. The van der Waals surface area contributed by atoms with Crippen molar-refractivity contribution < 1.29 is 22.4 Å². The second-order valence-electron chi connectivity index (χ2n) is 3.58. The van der Waals surface area contributed by atoms with Gasteiger partial charge in [0.2, 0.25) is 0 Å². The summed E-state index contributed by atoms with van der Waals surface area (Å²) in [6.45, 7) is 0.842. The SMILES string of the molecule is C[C@H]1CNC(=O)[N+]1(C)CC(F)(F)F. The number of carbonyl (C=O) groups is 1. The maximum atomic E-state index is 12.1. The van der Waals surface area contributed by atoms with Crippen LogP contribution in [0.3, 0.4) is 0 Å². The molecule has 6 heteroatoms. The van der Waals surface area contributed by atoms with Crippen molar-refractivity contribution in [1.82, 2.24) is 5.32 Å². The van der Waals surface area contributed by atoms with E-state index in [9.17, 15) is 18.0 Å². The van der Waals surface area contributed by atoms with Gasteiger partial charge in [-0.2, -0.15) is 13.2 Å². The van der Waals surface area contributed by atoms with Crippen LogP contribution in [0.15, 0.2) is 0 Å². The summed E-state index contributed by atoms with van der Waals surface area (Å²) in [7, 11) is 1.31. The van der Waals surface area contributed by atoms with Crippen LogP contribution in [-0.2, 0) is 0 Å². The van der Waals surface area contributed by atoms with E-state index in [0.29, 0.717) is 6.54 Å². The van der Waals surface area contributed by atoms with Crippen LogP contribution < -0.4 is 5.32 Å². The predicted octanol–water partition coefficient (Wildman–Crippen LogP) is 1.11. The summed E-state index contributed by atoms with van der Waals surface area (Å²) in [5, 5.41) is 2.42. The third kappa shape index (κ3) is 1.93. The molecule has 1 rings (SSSR count). The van der Waals surface area contributed by atoms with Crippen LogP contribution in [0, 0.1) is 0 Å². The van der Waals surface area contributed by atoms with E-state index in [0.717, 1.165) is 0 Å². The molecule has 2 atom stereocenters. The van der Waals surface area contributed by atoms with E-state index < -0.39 is 23.2 Å². The highest BCUT2D eigenvalue weighted by Gasteiger charge is 2.51. The molecule has 1 fully saturated rings. The van der Waals surface area contributed by atoms with E-state index in [2.05, 4.69) is 5.32 Å². The summed E-state index contributed by atoms with van der Waals surface area (Å²) < 4.78 is 35.7. The number of amides is 2. The second kappa shape index (κ2) is 2.87. The Labute approximate surface area is 74.1 Å². The molecule has 1 unspecified atom stereocenters. The van der Waals surface area contributed by atoms with Crippen LogP contribution in [-0.4, -0.2) is 42.9 Å². The van der Waals surface area contributed by atoms with Crippen LogP contribution in [0.5, 0.6) is 0 Å². The molecule has 0 bridgehead atoms. The predicted molar refractivity (Wildman–Crippen MR) is 40.0 cm³/mol. The van der Waals surface area contributed by atoms with Gasteiger partial charge in [0.1, 0.15) is 6.04 Å². The van der Waals surface area contributed by atoms with Crippen LogP contribution >= 0.6 is 0 Å². The number of nitrogens with zero attached hydrogens (tertiary/aromatic N) is 1. The number of likely N-dealkylation sites (N-methyl/N-ethyl adjacent to an activating group) is 1. The van der Waals surface area contributed by atoms with Crippen LogP contribution in [0.25, 0.3) is 0 Å². The topological polar surface area (TPSA) is 29.1 Å². The van der Waals surface area contributed by atoms with E-state index in [1.807, 2.05) is 0 Å². The first-order chi connectivity index (χ1) is 5.76. The van der Waals surface area contributed by atoms with Crippen LogP contribution in [0.2, 0.25) is 0 Å². The summed E-state index contributed by atoms with van der Waals surface area (Å²) in [4.78, 5) is 11.1. The Morgan fingerprint density at radius 3 is 2.46 bits per heavy atom. The smallest absolute Gasteiger partial charge is 0.300 e. The minimum Gasteiger partial charge on any atom is -0.300 e. The maximum Gasteiger partial charge on any atom is 0.438 e. The Bertz CT molecular complexity index is 228. The molecule has 0 saturated carbocycles. The average molecular weight is 197 g/mol. The molecule has 1 aliphatic rings. The van der Waals surface area contributed by atoms with Gasteiger partial charge in [-0.1, -0.05) is 0 Å². The van der Waals surface area contributed by atoms with E-state index in [-0.39, 0.29) is 6.04 Å². The van der Waals surface area contributed by atoms with Gasteiger partial charge in [-0.15, -0.1) is 0 Å². The largest absolute Gasteiger partial charge is 0.438 e. The first-order valence-corrected chi connectivity index (χ1v) is 3.96. The molecule has 1 saturated heterocycles. The average Bonchev–Trinajstić information content (AvgIpc) is 2.14. The van der Waals surface area contributed by atoms with E-state index >= 15 is 0 Å². The lowest BCUT2D eigenvalue weighted by Crippen LogP contribution is -2.55. The van der Waals surface area contributed by atoms with Crippen molar-refractivity contribution in [1.29, 1.82) is 0 Å². The molecule has 1 N–H and O–H groups in total. The number of alkyl halides is 3. The molecule has 1 heterocycles. The molecule has 0 aromatic carbocycles. The molecule has 3 nitrogen and oxygen atoms in total. The van der Waals surface area contributed by atoms with Gasteiger partial charge in [0, 0.05) is 0 Å². The van der Waals surface area contributed by atoms with Crippen molar-refractivity contribution in [2.75, 3.05) is 20.1 Å². The lowest BCUT2D eigenvalue weighted by atomic mass is 10.3. The highest BCUT2D eigenvalue weighted by molar-refractivity contribution is 5.68. The number of hydrogen-bond acceptors (Lipinski definition) is 1. The maximum absolute atomic E-state index is 12.1. The van der Waals surface area contributed by atoms with Crippen molar-refractivity contribution in [3.05, 3.63) is 0 Å². The number of quaternary nitrogens is 1. The molecule has 0 radical (unpaired) electrons. The van der Waals surface area contributed by atoms with E-state index in [1.54, 1.807) is 6.92 Å². The molecule has 76 valence electrons. The molecule has 13 heavy (non-hydrogen) atoms. The molecular weight excluding hydrogens is 185 g/mol. The molecule has 0 aliphatic carbocycles. The second-order valence-corrected chi connectivity index (χ2v) is 3.58. The highest BCUT2D eigenvalue weighted by atomic mass is 19.4. The van der Waals surface area contributed by atoms with Crippen LogP contribution in [0.4, 0.5) is 18.0 Å². The van der Waals surface area contributed by atoms with Gasteiger partial charge >= 0.3 is 12.2 Å². The zero-order valence-electron chi connectivity index (χ0n) is 7.48. The fraction of sp³-hybridized carbons (Fsp3) is 0.857. The molecule has 0 spiro atoms. The fourth-order valence-electron chi connectivity index (χ4n) is 1.42. The summed E-state index contributed by atoms with van der Waals surface area (Å²) in [6.07, 6.45) is -4.30. The minimum absolute atomic E-state index is 0.311. The van der Waals surface area contributed by atoms with Gasteiger partial charge in [-0.25, -0.2) is 9.28 Å².